The van der Waals surface area contributed by atoms with Crippen molar-refractivity contribution in [3.05, 3.63) is 53.5 Å². The van der Waals surface area contributed by atoms with Crippen LogP contribution in [-0.2, 0) is 11.8 Å². The van der Waals surface area contributed by atoms with Crippen LogP contribution in [0.2, 0.25) is 0 Å². The molecule has 4 aromatic rings. The number of rotatable bonds is 7. The van der Waals surface area contributed by atoms with Gasteiger partial charge in [0, 0.05) is 19.7 Å². The van der Waals surface area contributed by atoms with Crippen molar-refractivity contribution in [3.8, 4) is 17.2 Å². The molecule has 0 aliphatic carbocycles. The minimum atomic E-state index is -0.734. The number of ether oxygens (including phenoxy) is 3. The molecule has 5 heterocycles. The maximum absolute atomic E-state index is 11.9. The predicted octanol–water partition coefficient (Wildman–Crippen LogP) is 1.51. The average molecular weight is 508 g/mol. The summed E-state index contributed by atoms with van der Waals surface area (Å²) in [6.07, 6.45) is 3.47. The fraction of sp³-hybridized carbons (Fsp3) is 0.333. The first-order chi connectivity index (χ1) is 18.0. The molecule has 37 heavy (non-hydrogen) atoms. The van der Waals surface area contributed by atoms with Gasteiger partial charge in [-0.3, -0.25) is 4.57 Å². The summed E-state index contributed by atoms with van der Waals surface area (Å²) in [5, 5.41) is 26.7. The van der Waals surface area contributed by atoms with Gasteiger partial charge in [0.1, 0.15) is 48.2 Å². The molecule has 3 atom stereocenters. The number of hydrogen-bond acceptors (Lipinski definition) is 11. The normalized spacial score (nSPS) is 20.1. The average Bonchev–Trinajstić information content (AvgIpc) is 3.49. The molecule has 1 saturated heterocycles. The fourth-order valence-corrected chi connectivity index (χ4v) is 4.49. The molecule has 0 bridgehead atoms. The van der Waals surface area contributed by atoms with Crippen LogP contribution in [-0.4, -0.2) is 66.3 Å². The summed E-state index contributed by atoms with van der Waals surface area (Å²) in [7, 11) is 1.61. The SMILES string of the molecule is Cn1cc2c(nc1=O)Nc1c(OCCNc3ncnc4c3ccn4[C@H]3C[C@H](O)[C@@H](CO)O3)cccc1O2. The summed E-state index contributed by atoms with van der Waals surface area (Å²) in [5.74, 6) is 2.55. The zero-order chi connectivity index (χ0) is 25.5. The molecule has 3 aromatic heterocycles. The Kier molecular flexibility index (Phi) is 5.87. The van der Waals surface area contributed by atoms with E-state index in [1.807, 2.05) is 22.9 Å². The van der Waals surface area contributed by atoms with E-state index in [-0.39, 0.29) is 6.61 Å². The van der Waals surface area contributed by atoms with Gasteiger partial charge in [0.2, 0.25) is 0 Å². The van der Waals surface area contributed by atoms with Gasteiger partial charge in [-0.1, -0.05) is 6.07 Å². The lowest BCUT2D eigenvalue weighted by molar-refractivity contribution is -0.0430. The molecule has 0 spiro atoms. The Morgan fingerprint density at radius 2 is 2.16 bits per heavy atom. The monoisotopic (exact) mass is 507 g/mol. The van der Waals surface area contributed by atoms with Crippen molar-refractivity contribution in [2.24, 2.45) is 7.05 Å². The topological polar surface area (TPSA) is 158 Å². The van der Waals surface area contributed by atoms with Crippen LogP contribution in [0.15, 0.2) is 47.8 Å². The highest BCUT2D eigenvalue weighted by Crippen LogP contribution is 2.44. The van der Waals surface area contributed by atoms with Crippen molar-refractivity contribution in [1.29, 1.82) is 0 Å². The minimum Gasteiger partial charge on any atom is -0.489 e. The van der Waals surface area contributed by atoms with E-state index in [2.05, 4.69) is 25.6 Å². The molecule has 2 aliphatic heterocycles. The summed E-state index contributed by atoms with van der Waals surface area (Å²) in [4.78, 5) is 24.7. The number of anilines is 3. The second-order valence-corrected chi connectivity index (χ2v) is 8.78. The summed E-state index contributed by atoms with van der Waals surface area (Å²) in [6.45, 7) is 0.520. The Morgan fingerprint density at radius 1 is 1.27 bits per heavy atom. The minimum absolute atomic E-state index is 0.244. The largest absolute Gasteiger partial charge is 0.489 e. The number of nitrogens with zero attached hydrogens (tertiary/aromatic N) is 5. The quantitative estimate of drug-likeness (QED) is 0.237. The van der Waals surface area contributed by atoms with E-state index in [4.69, 9.17) is 14.2 Å². The maximum atomic E-state index is 11.9. The molecule has 6 rings (SSSR count). The van der Waals surface area contributed by atoms with Crippen LogP contribution in [0.25, 0.3) is 11.0 Å². The maximum Gasteiger partial charge on any atom is 0.349 e. The highest BCUT2D eigenvalue weighted by atomic mass is 16.5. The molecule has 2 aliphatic rings. The van der Waals surface area contributed by atoms with Crippen LogP contribution in [0.4, 0.5) is 17.3 Å². The molecule has 13 nitrogen and oxygen atoms in total. The molecule has 13 heteroatoms. The number of aromatic nitrogens is 5. The van der Waals surface area contributed by atoms with E-state index in [1.165, 1.54) is 10.9 Å². The van der Waals surface area contributed by atoms with Gasteiger partial charge in [-0.05, 0) is 18.2 Å². The molecule has 0 amide bonds. The predicted molar refractivity (Wildman–Crippen MR) is 132 cm³/mol. The lowest BCUT2D eigenvalue weighted by atomic mass is 10.2. The number of nitrogens with one attached hydrogen (secondary N) is 2. The fourth-order valence-electron chi connectivity index (χ4n) is 4.49. The van der Waals surface area contributed by atoms with Crippen molar-refractivity contribution in [2.75, 3.05) is 30.4 Å². The molecular weight excluding hydrogens is 482 g/mol. The zero-order valence-electron chi connectivity index (χ0n) is 19.9. The highest BCUT2D eigenvalue weighted by molar-refractivity contribution is 5.87. The summed E-state index contributed by atoms with van der Waals surface area (Å²) in [5.41, 5.74) is 0.858. The Bertz CT molecular complexity index is 1520. The van der Waals surface area contributed by atoms with Gasteiger partial charge in [-0.25, -0.2) is 14.8 Å². The molecule has 1 aromatic carbocycles. The van der Waals surface area contributed by atoms with Crippen molar-refractivity contribution in [2.45, 2.75) is 24.9 Å². The Morgan fingerprint density at radius 3 is 3.00 bits per heavy atom. The van der Waals surface area contributed by atoms with Crippen LogP contribution in [0.5, 0.6) is 17.2 Å². The number of hydrogen-bond donors (Lipinski definition) is 4. The van der Waals surface area contributed by atoms with E-state index in [0.717, 1.165) is 5.39 Å². The second kappa shape index (κ2) is 9.35. The molecule has 0 radical (unpaired) electrons. The first-order valence-corrected chi connectivity index (χ1v) is 11.8. The Labute approximate surface area is 210 Å². The number of para-hydroxylation sites is 1. The van der Waals surface area contributed by atoms with Gasteiger partial charge in [0.25, 0.3) is 0 Å². The zero-order valence-corrected chi connectivity index (χ0v) is 19.9. The van der Waals surface area contributed by atoms with E-state index in [0.29, 0.717) is 59.8 Å². The van der Waals surface area contributed by atoms with Crippen LogP contribution in [0, 0.1) is 0 Å². The van der Waals surface area contributed by atoms with Crippen molar-refractivity contribution in [3.63, 3.8) is 0 Å². The van der Waals surface area contributed by atoms with Crippen molar-refractivity contribution >= 4 is 28.4 Å². The molecule has 0 unspecified atom stereocenters. The van der Waals surface area contributed by atoms with Crippen LogP contribution in [0.1, 0.15) is 12.6 Å². The molecule has 192 valence electrons. The second-order valence-electron chi connectivity index (χ2n) is 8.78. The van der Waals surface area contributed by atoms with E-state index in [9.17, 15) is 15.0 Å². The number of fused-ring (bicyclic) bond motifs is 3. The van der Waals surface area contributed by atoms with Gasteiger partial charge in [-0.15, -0.1) is 0 Å². The third kappa shape index (κ3) is 4.22. The molecule has 1 fully saturated rings. The number of benzene rings is 1. The highest BCUT2D eigenvalue weighted by Gasteiger charge is 2.35. The van der Waals surface area contributed by atoms with Crippen LogP contribution in [0.3, 0.4) is 0 Å². The summed E-state index contributed by atoms with van der Waals surface area (Å²) in [6, 6.07) is 7.31. The number of aliphatic hydroxyl groups excluding tert-OH is 2. The summed E-state index contributed by atoms with van der Waals surface area (Å²) < 4.78 is 20.8. The lowest BCUT2D eigenvalue weighted by Gasteiger charge is -2.23. The first kappa shape index (κ1) is 23.2. The van der Waals surface area contributed by atoms with Gasteiger partial charge in [0.05, 0.1) is 30.8 Å². The molecule has 0 saturated carbocycles. The summed E-state index contributed by atoms with van der Waals surface area (Å²) >= 11 is 0. The number of aliphatic hydroxyl groups is 2. The van der Waals surface area contributed by atoms with E-state index >= 15 is 0 Å². The van der Waals surface area contributed by atoms with Gasteiger partial charge in [-0.2, -0.15) is 4.98 Å². The van der Waals surface area contributed by atoms with Gasteiger partial charge < -0.3 is 39.6 Å². The third-order valence-electron chi connectivity index (χ3n) is 6.36. The Hall–Kier alpha value is -4.20. The Balaban J connectivity index is 1.12. The van der Waals surface area contributed by atoms with Crippen molar-refractivity contribution in [1.82, 2.24) is 24.1 Å². The first-order valence-electron chi connectivity index (χ1n) is 11.8. The van der Waals surface area contributed by atoms with Gasteiger partial charge >= 0.3 is 5.69 Å². The lowest BCUT2D eigenvalue weighted by Crippen LogP contribution is -2.24. The van der Waals surface area contributed by atoms with Crippen LogP contribution >= 0.6 is 0 Å². The van der Waals surface area contributed by atoms with Gasteiger partial charge in [0.15, 0.2) is 17.3 Å². The molecular formula is C24H25N7O6. The van der Waals surface area contributed by atoms with Crippen LogP contribution < -0.4 is 25.8 Å². The van der Waals surface area contributed by atoms with E-state index < -0.39 is 24.1 Å². The standard InChI is InChI=1S/C24H25N7O6/c1-30-10-17-22(29-24(30)34)28-20-15(3-2-4-16(20)36-17)35-8-6-25-21-13-5-7-31(23(13)27-12-26-21)19-9-14(33)18(11-32)37-19/h2-5,7,10,12,14,18-19,32-33H,6,8-9,11H2,1H3,(H,25,26,27)(H,28,29,34)/t14-,18+,19+/m0/s1. The van der Waals surface area contributed by atoms with E-state index in [1.54, 1.807) is 25.4 Å². The smallest absolute Gasteiger partial charge is 0.349 e. The number of aryl methyl sites for hydroxylation is 1. The van der Waals surface area contributed by atoms with Crippen molar-refractivity contribution < 1.29 is 24.4 Å². The molecule has 4 N–H and O–H groups in total. The third-order valence-corrected chi connectivity index (χ3v) is 6.36.